The van der Waals surface area contributed by atoms with Crippen LogP contribution in [0.3, 0.4) is 0 Å². The zero-order chi connectivity index (χ0) is 30.4. The molecule has 4 aliphatic rings. The van der Waals surface area contributed by atoms with Gasteiger partial charge in [0.25, 0.3) is 0 Å². The molecular formula is C28H26N2O10S2. The summed E-state index contributed by atoms with van der Waals surface area (Å²) in [5.74, 6) is -3.73. The highest BCUT2D eigenvalue weighted by atomic mass is 32.2. The van der Waals surface area contributed by atoms with E-state index in [4.69, 9.17) is 0 Å². The number of imide groups is 2. The fourth-order valence-electron chi connectivity index (χ4n) is 5.83. The quantitative estimate of drug-likeness (QED) is 0.265. The third-order valence-corrected chi connectivity index (χ3v) is 10.8. The Morgan fingerprint density at radius 1 is 0.643 bits per heavy atom. The molecule has 6 atom stereocenters. The number of phenols is 2. The first-order valence-electron chi connectivity index (χ1n) is 13.0. The molecular weight excluding hydrogens is 588 g/mol. The van der Waals surface area contributed by atoms with Gasteiger partial charge in [0.2, 0.25) is 33.9 Å². The lowest BCUT2D eigenvalue weighted by Gasteiger charge is -2.23. The Kier molecular flexibility index (Phi) is 7.91. The van der Waals surface area contributed by atoms with Crippen LogP contribution >= 0.6 is 23.5 Å². The first kappa shape index (κ1) is 29.8. The van der Waals surface area contributed by atoms with Gasteiger partial charge in [0.1, 0.15) is 21.0 Å². The normalized spacial score (nSPS) is 31.1. The van der Waals surface area contributed by atoms with Gasteiger partial charge in [-0.1, -0.05) is 23.5 Å². The molecule has 2 aliphatic heterocycles. The Bertz CT molecular complexity index is 1370. The van der Waals surface area contributed by atoms with Crippen molar-refractivity contribution in [1.82, 2.24) is 10.6 Å². The van der Waals surface area contributed by atoms with Gasteiger partial charge >= 0.3 is 0 Å². The van der Waals surface area contributed by atoms with Crippen molar-refractivity contribution >= 4 is 57.4 Å². The number of carbonyl (C=O) groups is 6. The van der Waals surface area contributed by atoms with Crippen LogP contribution < -0.4 is 10.6 Å². The molecule has 14 heteroatoms. The number of nitrogens with one attached hydrogen (secondary N) is 2. The number of aliphatic hydroxyl groups excluding tert-OH is 2. The van der Waals surface area contributed by atoms with E-state index in [1.54, 1.807) is 0 Å². The Morgan fingerprint density at radius 2 is 0.976 bits per heavy atom. The molecule has 2 aromatic rings. The molecule has 220 valence electrons. The van der Waals surface area contributed by atoms with Crippen LogP contribution in [-0.2, 0) is 19.2 Å². The summed E-state index contributed by atoms with van der Waals surface area (Å²) < 4.78 is -2.43. The number of hydrogen-bond acceptors (Lipinski definition) is 12. The largest absolute Gasteiger partial charge is 0.508 e. The molecule has 2 aromatic carbocycles. The lowest BCUT2D eigenvalue weighted by atomic mass is 9.97. The first-order chi connectivity index (χ1) is 19.9. The second-order valence-corrected chi connectivity index (χ2v) is 13.1. The Morgan fingerprint density at radius 3 is 1.31 bits per heavy atom. The molecule has 4 fully saturated rings. The number of benzene rings is 2. The van der Waals surface area contributed by atoms with E-state index in [-0.39, 0.29) is 34.6 Å². The van der Waals surface area contributed by atoms with Crippen molar-refractivity contribution in [3.05, 3.63) is 59.7 Å². The van der Waals surface area contributed by atoms with Crippen LogP contribution in [0.4, 0.5) is 0 Å². The highest BCUT2D eigenvalue weighted by Crippen LogP contribution is 2.51. The Balaban J connectivity index is 0.000000168. The van der Waals surface area contributed by atoms with Gasteiger partial charge in [0.15, 0.2) is 0 Å². The molecule has 0 aromatic heterocycles. The van der Waals surface area contributed by atoms with E-state index in [1.807, 2.05) is 0 Å². The maximum Gasteiger partial charge on any atom is 0.244 e. The summed E-state index contributed by atoms with van der Waals surface area (Å²) in [5, 5.41) is 41.9. The zero-order valence-electron chi connectivity index (χ0n) is 21.8. The van der Waals surface area contributed by atoms with Gasteiger partial charge in [-0.2, -0.15) is 0 Å². The van der Waals surface area contributed by atoms with Crippen molar-refractivity contribution in [1.29, 1.82) is 0 Å². The fourth-order valence-corrected chi connectivity index (χ4v) is 8.51. The highest BCUT2D eigenvalue weighted by molar-refractivity contribution is 8.16. The van der Waals surface area contributed by atoms with Gasteiger partial charge in [-0.15, -0.1) is 0 Å². The number of hydrogen-bond donors (Lipinski definition) is 6. The van der Waals surface area contributed by atoms with Crippen LogP contribution in [0.5, 0.6) is 11.5 Å². The molecule has 2 aliphatic carbocycles. The van der Waals surface area contributed by atoms with Crippen LogP contribution in [0.1, 0.15) is 46.4 Å². The monoisotopic (exact) mass is 614 g/mol. The second kappa shape index (κ2) is 11.2. The molecule has 2 saturated carbocycles. The topological polar surface area (TPSA) is 207 Å². The minimum Gasteiger partial charge on any atom is -0.508 e. The van der Waals surface area contributed by atoms with Gasteiger partial charge in [-0.05, 0) is 74.2 Å². The summed E-state index contributed by atoms with van der Waals surface area (Å²) in [5.41, 5.74) is 0.666. The number of rotatable bonds is 4. The van der Waals surface area contributed by atoms with Gasteiger partial charge in [-0.25, -0.2) is 0 Å². The summed E-state index contributed by atoms with van der Waals surface area (Å²) in [6.07, 6.45) is -0.608. The van der Waals surface area contributed by atoms with E-state index in [2.05, 4.69) is 10.6 Å². The van der Waals surface area contributed by atoms with Crippen LogP contribution in [-0.4, -0.2) is 76.0 Å². The second-order valence-electron chi connectivity index (χ2n) is 10.5. The van der Waals surface area contributed by atoms with E-state index in [9.17, 15) is 49.2 Å². The SMILES string of the molecule is O=C(S[C@@]12CC[C@@H](O)[C@@H]1C(=O)NC2=O)c1ccc(O)cc1.O=C(S[C@@]12CC[C@H](O)[C@@H]1C(=O)NC2=O)c1ccc(O)cc1. The molecule has 2 heterocycles. The highest BCUT2D eigenvalue weighted by Gasteiger charge is 2.64. The minimum atomic E-state index is -1.22. The molecule has 4 amide bonds. The van der Waals surface area contributed by atoms with Crippen LogP contribution in [0.15, 0.2) is 48.5 Å². The predicted molar refractivity (Wildman–Crippen MR) is 149 cm³/mol. The first-order valence-corrected chi connectivity index (χ1v) is 14.6. The van der Waals surface area contributed by atoms with E-state index < -0.39 is 57.2 Å². The third kappa shape index (κ3) is 5.08. The van der Waals surface area contributed by atoms with Crippen LogP contribution in [0.2, 0.25) is 0 Å². The Hall–Kier alpha value is -3.72. The number of fused-ring (bicyclic) bond motifs is 2. The van der Waals surface area contributed by atoms with Crippen molar-refractivity contribution < 1.29 is 49.2 Å². The minimum absolute atomic E-state index is 0.0395. The number of phenolic OH excluding ortho intramolecular Hbond substituents is 2. The van der Waals surface area contributed by atoms with Crippen LogP contribution in [0.25, 0.3) is 0 Å². The fraction of sp³-hybridized carbons (Fsp3) is 0.357. The summed E-state index contributed by atoms with van der Waals surface area (Å²) in [6, 6.07) is 11.3. The molecule has 6 N–H and O–H groups in total. The van der Waals surface area contributed by atoms with Gasteiger partial charge < -0.3 is 20.4 Å². The van der Waals surface area contributed by atoms with Gasteiger partial charge in [0.05, 0.1) is 24.0 Å². The van der Waals surface area contributed by atoms with E-state index in [0.29, 0.717) is 24.0 Å². The van der Waals surface area contributed by atoms with Crippen molar-refractivity contribution in [2.45, 2.75) is 47.4 Å². The molecule has 12 nitrogen and oxygen atoms in total. The number of aromatic hydroxyl groups is 2. The summed E-state index contributed by atoms with van der Waals surface area (Å²) in [6.45, 7) is 0. The predicted octanol–water partition coefficient (Wildman–Crippen LogP) is 0.863. The van der Waals surface area contributed by atoms with Crippen molar-refractivity contribution in [3.8, 4) is 11.5 Å². The lowest BCUT2D eigenvalue weighted by molar-refractivity contribution is -0.129. The number of carbonyl (C=O) groups excluding carboxylic acids is 6. The van der Waals surface area contributed by atoms with Crippen molar-refractivity contribution in [2.75, 3.05) is 0 Å². The summed E-state index contributed by atoms with van der Waals surface area (Å²) in [7, 11) is 0. The molecule has 0 unspecified atom stereocenters. The van der Waals surface area contributed by atoms with Gasteiger partial charge in [0, 0.05) is 11.1 Å². The number of aliphatic hydroxyl groups is 2. The lowest BCUT2D eigenvalue weighted by Crippen LogP contribution is -2.38. The number of thioether (sulfide) groups is 2. The third-order valence-electron chi connectivity index (χ3n) is 7.96. The Labute approximate surface area is 247 Å². The van der Waals surface area contributed by atoms with E-state index >= 15 is 0 Å². The van der Waals surface area contributed by atoms with Crippen LogP contribution in [0, 0.1) is 11.8 Å². The van der Waals surface area contributed by atoms with Gasteiger partial charge in [-0.3, -0.25) is 39.4 Å². The standard InChI is InChI=1S/2C14H13NO5S/c2*16-8-3-1-7(2-4-8)12(19)21-14-6-5-9(17)10(14)11(18)15-13(14)20/h2*1-4,9-10,16-17H,5-6H2,(H,15,18,20)/t9-,10+,14-;9-,10-,14+/m01/s1. The molecule has 0 bridgehead atoms. The molecule has 0 radical (unpaired) electrons. The van der Waals surface area contributed by atoms with E-state index in [0.717, 1.165) is 23.5 Å². The molecule has 0 spiro atoms. The molecule has 6 rings (SSSR count). The maximum atomic E-state index is 12.3. The zero-order valence-corrected chi connectivity index (χ0v) is 23.4. The summed E-state index contributed by atoms with van der Waals surface area (Å²) >= 11 is 1.57. The van der Waals surface area contributed by atoms with Crippen molar-refractivity contribution in [3.63, 3.8) is 0 Å². The number of amides is 4. The van der Waals surface area contributed by atoms with Crippen molar-refractivity contribution in [2.24, 2.45) is 11.8 Å². The van der Waals surface area contributed by atoms with E-state index in [1.165, 1.54) is 48.5 Å². The molecule has 42 heavy (non-hydrogen) atoms. The average Bonchev–Trinajstić information content (AvgIpc) is 3.61. The maximum absolute atomic E-state index is 12.3. The smallest absolute Gasteiger partial charge is 0.244 e. The summed E-state index contributed by atoms with van der Waals surface area (Å²) in [4.78, 5) is 72.4. The average molecular weight is 615 g/mol. The molecule has 2 saturated heterocycles.